The van der Waals surface area contributed by atoms with E-state index in [1.807, 2.05) is 24.3 Å². The third-order valence-electron chi connectivity index (χ3n) is 4.17. The number of carbonyl (C=O) groups is 2. The molecule has 1 aliphatic heterocycles. The van der Waals surface area contributed by atoms with Crippen molar-refractivity contribution in [2.45, 2.75) is 6.61 Å². The first kappa shape index (κ1) is 22.9. The Morgan fingerprint density at radius 3 is 2.69 bits per heavy atom. The molecule has 0 unspecified atom stereocenters. The Morgan fingerprint density at radius 1 is 1.09 bits per heavy atom. The second-order valence-electron chi connectivity index (χ2n) is 6.29. The van der Waals surface area contributed by atoms with E-state index in [1.165, 1.54) is 13.3 Å². The maximum atomic E-state index is 11.8. The van der Waals surface area contributed by atoms with Gasteiger partial charge in [0.1, 0.15) is 12.4 Å². The number of amides is 1. The van der Waals surface area contributed by atoms with Crippen LogP contribution in [0.3, 0.4) is 0 Å². The molecule has 2 aromatic carbocycles. The maximum Gasteiger partial charge on any atom is 0.331 e. The lowest BCUT2D eigenvalue weighted by atomic mass is 10.2. The van der Waals surface area contributed by atoms with Crippen molar-refractivity contribution in [3.63, 3.8) is 0 Å². The van der Waals surface area contributed by atoms with Crippen LogP contribution in [0.2, 0.25) is 0 Å². The monoisotopic (exact) mass is 455 g/mol. The minimum atomic E-state index is -0.617. The Hall–Kier alpha value is -3.79. The van der Waals surface area contributed by atoms with Crippen molar-refractivity contribution in [3.05, 3.63) is 64.6 Å². The van der Waals surface area contributed by atoms with Gasteiger partial charge < -0.3 is 18.9 Å². The van der Waals surface area contributed by atoms with E-state index < -0.39 is 11.9 Å². The summed E-state index contributed by atoms with van der Waals surface area (Å²) in [6.45, 7) is 0.354. The van der Waals surface area contributed by atoms with Crippen molar-refractivity contribution >= 4 is 35.0 Å². The zero-order chi connectivity index (χ0) is 22.9. The molecule has 1 saturated heterocycles. The van der Waals surface area contributed by atoms with Gasteiger partial charge in [0.05, 0.1) is 32.4 Å². The summed E-state index contributed by atoms with van der Waals surface area (Å²) in [6, 6.07) is 12.9. The van der Waals surface area contributed by atoms with Crippen molar-refractivity contribution < 1.29 is 28.5 Å². The van der Waals surface area contributed by atoms with Crippen LogP contribution >= 0.6 is 11.8 Å². The average Bonchev–Trinajstić information content (AvgIpc) is 3.16. The molecule has 1 N–H and O–H groups in total. The second-order valence-corrected chi connectivity index (χ2v) is 7.32. The van der Waals surface area contributed by atoms with Gasteiger partial charge in [0.2, 0.25) is 0 Å². The molecular formula is C22H21N3O6S. The first-order valence-corrected chi connectivity index (χ1v) is 10.2. The Labute approximate surface area is 189 Å². The Kier molecular flexibility index (Phi) is 7.87. The molecule has 1 aliphatic rings. The number of methoxy groups -OCH3 is 3. The first-order chi connectivity index (χ1) is 15.5. The van der Waals surface area contributed by atoms with Gasteiger partial charge in [0.25, 0.3) is 5.91 Å². The van der Waals surface area contributed by atoms with Crippen molar-refractivity contribution in [1.82, 2.24) is 5.32 Å². The van der Waals surface area contributed by atoms with E-state index in [0.717, 1.165) is 34.7 Å². The molecule has 166 valence electrons. The molecule has 0 spiro atoms. The SMILES string of the molecule is COC(=O)/C=C1/S/C(=N\N=Cc2ccc(OCc3cccc(OC)c3)c(OC)c2)NC1=O. The molecule has 0 aromatic heterocycles. The number of hydrogen-bond donors (Lipinski definition) is 1. The lowest BCUT2D eigenvalue weighted by molar-refractivity contribution is -0.135. The summed E-state index contributed by atoms with van der Waals surface area (Å²) in [5.74, 6) is 0.823. The molecule has 0 aliphatic carbocycles. The predicted molar refractivity (Wildman–Crippen MR) is 121 cm³/mol. The zero-order valence-electron chi connectivity index (χ0n) is 17.7. The fraction of sp³-hybridized carbons (Fsp3) is 0.182. The number of ether oxygens (including phenoxy) is 4. The van der Waals surface area contributed by atoms with E-state index in [2.05, 4.69) is 20.3 Å². The number of rotatable bonds is 8. The largest absolute Gasteiger partial charge is 0.497 e. The third-order valence-corrected chi connectivity index (χ3v) is 5.07. The Bertz CT molecular complexity index is 1100. The van der Waals surface area contributed by atoms with Crippen molar-refractivity contribution in [3.8, 4) is 17.2 Å². The molecular weight excluding hydrogens is 434 g/mol. The fourth-order valence-electron chi connectivity index (χ4n) is 2.60. The smallest absolute Gasteiger partial charge is 0.331 e. The van der Waals surface area contributed by atoms with Crippen LogP contribution in [-0.4, -0.2) is 44.6 Å². The third kappa shape index (κ3) is 6.11. The van der Waals surface area contributed by atoms with Crippen LogP contribution in [0.1, 0.15) is 11.1 Å². The molecule has 0 atom stereocenters. The normalized spacial score (nSPS) is 15.8. The highest BCUT2D eigenvalue weighted by atomic mass is 32.2. The van der Waals surface area contributed by atoms with Crippen LogP contribution in [0.5, 0.6) is 17.2 Å². The standard InChI is InChI=1S/C22H21N3O6S/c1-28-16-6-4-5-15(9-16)13-31-17-8-7-14(10-18(17)29-2)12-23-25-22-24-21(27)19(32-22)11-20(26)30-3/h4-12H,13H2,1-3H3,(H,24,25,27)/b19-11+,23-12?. The van der Waals surface area contributed by atoms with Gasteiger partial charge in [0, 0.05) is 6.08 Å². The van der Waals surface area contributed by atoms with Crippen molar-refractivity contribution in [2.24, 2.45) is 10.2 Å². The first-order valence-electron chi connectivity index (χ1n) is 9.36. The van der Waals surface area contributed by atoms with E-state index in [0.29, 0.717) is 18.1 Å². The summed E-state index contributed by atoms with van der Waals surface area (Å²) < 4.78 is 21.0. The highest BCUT2D eigenvalue weighted by molar-refractivity contribution is 8.18. The van der Waals surface area contributed by atoms with E-state index in [-0.39, 0.29) is 10.1 Å². The van der Waals surface area contributed by atoms with Gasteiger partial charge in [-0.15, -0.1) is 5.10 Å². The number of hydrogen-bond acceptors (Lipinski definition) is 9. The summed E-state index contributed by atoms with van der Waals surface area (Å²) >= 11 is 0.997. The zero-order valence-corrected chi connectivity index (χ0v) is 18.5. The van der Waals surface area contributed by atoms with Gasteiger partial charge in [-0.1, -0.05) is 12.1 Å². The Morgan fingerprint density at radius 2 is 1.94 bits per heavy atom. The highest BCUT2D eigenvalue weighted by Crippen LogP contribution is 2.29. The number of esters is 1. The van der Waals surface area contributed by atoms with Crippen LogP contribution in [0.25, 0.3) is 0 Å². The summed E-state index contributed by atoms with van der Waals surface area (Å²) in [5, 5.41) is 10.7. The summed E-state index contributed by atoms with van der Waals surface area (Å²) in [6.07, 6.45) is 2.61. The number of nitrogens with zero attached hydrogens (tertiary/aromatic N) is 2. The quantitative estimate of drug-likeness (QED) is 0.282. The van der Waals surface area contributed by atoms with E-state index in [4.69, 9.17) is 14.2 Å². The van der Waals surface area contributed by atoms with Crippen molar-refractivity contribution in [2.75, 3.05) is 21.3 Å². The van der Waals surface area contributed by atoms with Crippen LogP contribution < -0.4 is 19.5 Å². The second kappa shape index (κ2) is 11.0. The van der Waals surface area contributed by atoms with E-state index >= 15 is 0 Å². The number of thioether (sulfide) groups is 1. The number of nitrogens with one attached hydrogen (secondary N) is 1. The lowest BCUT2D eigenvalue weighted by Crippen LogP contribution is -2.19. The van der Waals surface area contributed by atoms with Gasteiger partial charge >= 0.3 is 5.97 Å². The number of amidine groups is 1. The van der Waals surface area contributed by atoms with Gasteiger partial charge in [-0.25, -0.2) is 4.79 Å². The summed E-state index contributed by atoms with van der Waals surface area (Å²) in [5.41, 5.74) is 1.68. The topological polar surface area (TPSA) is 108 Å². The molecule has 0 saturated carbocycles. The number of carbonyl (C=O) groups excluding carboxylic acids is 2. The van der Waals surface area contributed by atoms with Crippen LogP contribution in [-0.2, 0) is 20.9 Å². The maximum absolute atomic E-state index is 11.8. The van der Waals surface area contributed by atoms with Crippen molar-refractivity contribution in [1.29, 1.82) is 0 Å². The van der Waals surface area contributed by atoms with Gasteiger partial charge in [-0.05, 0) is 53.2 Å². The minimum absolute atomic E-state index is 0.185. The van der Waals surface area contributed by atoms with E-state index in [1.54, 1.807) is 32.4 Å². The molecule has 1 amide bonds. The van der Waals surface area contributed by atoms with Crippen LogP contribution in [0.15, 0.2) is 63.6 Å². The van der Waals surface area contributed by atoms with Gasteiger partial charge in [0.15, 0.2) is 16.7 Å². The predicted octanol–water partition coefficient (Wildman–Crippen LogP) is 2.89. The highest BCUT2D eigenvalue weighted by Gasteiger charge is 2.25. The molecule has 9 nitrogen and oxygen atoms in total. The molecule has 1 fully saturated rings. The van der Waals surface area contributed by atoms with Gasteiger partial charge in [-0.2, -0.15) is 5.10 Å². The molecule has 32 heavy (non-hydrogen) atoms. The molecule has 3 rings (SSSR count). The average molecular weight is 455 g/mol. The Balaban J connectivity index is 1.65. The summed E-state index contributed by atoms with van der Waals surface area (Å²) in [7, 11) is 4.40. The fourth-order valence-corrected chi connectivity index (χ4v) is 3.34. The molecule has 2 aromatic rings. The van der Waals surface area contributed by atoms with Gasteiger partial charge in [-0.3, -0.25) is 10.1 Å². The van der Waals surface area contributed by atoms with E-state index in [9.17, 15) is 9.59 Å². The molecule has 0 radical (unpaired) electrons. The molecule has 1 heterocycles. The summed E-state index contributed by atoms with van der Waals surface area (Å²) in [4.78, 5) is 23.3. The lowest BCUT2D eigenvalue weighted by Gasteiger charge is -2.11. The minimum Gasteiger partial charge on any atom is -0.497 e. The van der Waals surface area contributed by atoms with Crippen LogP contribution in [0.4, 0.5) is 0 Å². The van der Waals surface area contributed by atoms with Crippen LogP contribution in [0, 0.1) is 0 Å². The molecule has 10 heteroatoms. The molecule has 0 bridgehead atoms. The number of benzene rings is 2.